The minimum atomic E-state index is -4.96. The van der Waals surface area contributed by atoms with Crippen molar-refractivity contribution >= 4 is 17.6 Å². The summed E-state index contributed by atoms with van der Waals surface area (Å²) in [5.41, 5.74) is 3.19. The van der Waals surface area contributed by atoms with E-state index < -0.39 is 46.5 Å². The molecule has 2 amide bonds. The molecule has 0 bridgehead atoms. The summed E-state index contributed by atoms with van der Waals surface area (Å²) in [4.78, 5) is 36.2. The predicted octanol–water partition coefficient (Wildman–Crippen LogP) is 3.39. The fourth-order valence-corrected chi connectivity index (χ4v) is 3.17. The topological polar surface area (TPSA) is 103 Å². The third-order valence-corrected chi connectivity index (χ3v) is 4.57. The van der Waals surface area contributed by atoms with Gasteiger partial charge in [-0.05, 0) is 24.3 Å². The second-order valence-electron chi connectivity index (χ2n) is 6.64. The van der Waals surface area contributed by atoms with Crippen LogP contribution in [-0.2, 0) is 6.18 Å². The summed E-state index contributed by atoms with van der Waals surface area (Å²) in [6, 6.07) is 6.08. The van der Waals surface area contributed by atoms with Gasteiger partial charge >= 0.3 is 6.18 Å². The zero-order valence-electron chi connectivity index (χ0n) is 15.6. The molecular formula is C20H10F5N3O4. The first kappa shape index (κ1) is 21.0. The molecule has 0 radical (unpaired) electrons. The van der Waals surface area contributed by atoms with E-state index in [1.54, 1.807) is 0 Å². The molecule has 12 heteroatoms. The Morgan fingerprint density at radius 2 is 1.59 bits per heavy atom. The molecule has 7 nitrogen and oxygen atoms in total. The largest absolute Gasteiger partial charge is 0.451 e. The molecule has 1 aromatic heterocycles. The predicted molar refractivity (Wildman–Crippen MR) is 99.7 cm³/mol. The molecule has 0 saturated carbocycles. The number of anilines is 1. The number of fused-ring (bicyclic) bond motifs is 1. The zero-order valence-corrected chi connectivity index (χ0v) is 15.6. The molecule has 3 aromatic rings. The molecule has 0 atom stereocenters. The molecule has 1 aliphatic heterocycles. The normalized spacial score (nSPS) is 13.2. The van der Waals surface area contributed by atoms with Crippen molar-refractivity contribution in [1.29, 1.82) is 0 Å². The number of alkyl halides is 3. The summed E-state index contributed by atoms with van der Waals surface area (Å²) >= 11 is 0. The Kier molecular flexibility index (Phi) is 4.72. The first-order valence-electron chi connectivity index (χ1n) is 8.73. The van der Waals surface area contributed by atoms with Crippen LogP contribution in [-0.4, -0.2) is 16.4 Å². The summed E-state index contributed by atoms with van der Waals surface area (Å²) in [6.07, 6.45) is -4.96. The molecule has 0 aliphatic carbocycles. The van der Waals surface area contributed by atoms with Gasteiger partial charge in [0.25, 0.3) is 17.4 Å². The summed E-state index contributed by atoms with van der Waals surface area (Å²) < 4.78 is 72.2. The summed E-state index contributed by atoms with van der Waals surface area (Å²) in [5, 5.41) is 2.00. The standard InChI is InChI=1S/C20H10F5N3O4/c21-12-4-8(20(23,24)25)5-13(22)16(12)32-10-3-1-2-9(6-10)28-14(29)7-11-15(17(28)26)19(31)27-18(11)30/h1-7H,26H2,(H,27,30,31). The monoisotopic (exact) mass is 451 g/mol. The number of nitrogens with one attached hydrogen (secondary N) is 1. The van der Waals surface area contributed by atoms with Crippen LogP contribution < -0.4 is 21.3 Å². The Balaban J connectivity index is 1.76. The number of nitrogens with two attached hydrogens (primary N) is 1. The maximum absolute atomic E-state index is 14.1. The van der Waals surface area contributed by atoms with E-state index in [2.05, 4.69) is 0 Å². The fraction of sp³-hybridized carbons (Fsp3) is 0.0500. The van der Waals surface area contributed by atoms with Crippen LogP contribution in [0.25, 0.3) is 5.69 Å². The molecule has 164 valence electrons. The molecule has 0 spiro atoms. The maximum atomic E-state index is 14.1. The van der Waals surface area contributed by atoms with E-state index in [0.717, 1.165) is 16.7 Å². The van der Waals surface area contributed by atoms with Crippen molar-refractivity contribution in [1.82, 2.24) is 9.88 Å². The number of hydrogen-bond donors (Lipinski definition) is 2. The van der Waals surface area contributed by atoms with Gasteiger partial charge in [-0.2, -0.15) is 13.2 Å². The minimum absolute atomic E-state index is 0.00711. The van der Waals surface area contributed by atoms with Crippen LogP contribution >= 0.6 is 0 Å². The van der Waals surface area contributed by atoms with E-state index >= 15 is 0 Å². The van der Waals surface area contributed by atoms with Crippen LogP contribution in [0.3, 0.4) is 0 Å². The maximum Gasteiger partial charge on any atom is 0.416 e. The van der Waals surface area contributed by atoms with E-state index in [4.69, 9.17) is 10.5 Å². The molecule has 2 heterocycles. The number of aromatic nitrogens is 1. The van der Waals surface area contributed by atoms with Crippen molar-refractivity contribution < 1.29 is 36.3 Å². The van der Waals surface area contributed by atoms with Crippen LogP contribution in [0.5, 0.6) is 11.5 Å². The average molecular weight is 451 g/mol. The van der Waals surface area contributed by atoms with Crippen molar-refractivity contribution in [3.8, 4) is 17.2 Å². The summed E-state index contributed by atoms with van der Waals surface area (Å²) in [5.74, 6) is -6.47. The molecule has 4 rings (SSSR count). The Morgan fingerprint density at radius 3 is 2.22 bits per heavy atom. The van der Waals surface area contributed by atoms with Gasteiger partial charge in [0.2, 0.25) is 0 Å². The Bertz CT molecular complexity index is 1340. The van der Waals surface area contributed by atoms with Gasteiger partial charge in [0.15, 0.2) is 17.4 Å². The SMILES string of the molecule is Nc1c2c(cc(=O)n1-c1cccc(Oc3c(F)cc(C(F)(F)F)cc3F)c1)C(=O)NC2=O. The van der Waals surface area contributed by atoms with Crippen LogP contribution in [0.1, 0.15) is 26.3 Å². The lowest BCUT2D eigenvalue weighted by Crippen LogP contribution is -2.24. The number of carbonyl (C=O) groups excluding carboxylic acids is 2. The molecule has 1 aliphatic rings. The van der Waals surface area contributed by atoms with Crippen molar-refractivity contribution in [2.24, 2.45) is 0 Å². The van der Waals surface area contributed by atoms with Crippen LogP contribution in [0.4, 0.5) is 27.8 Å². The van der Waals surface area contributed by atoms with Crippen LogP contribution in [0.2, 0.25) is 0 Å². The first-order chi connectivity index (χ1) is 15.0. The number of ether oxygens (including phenoxy) is 1. The minimum Gasteiger partial charge on any atom is -0.451 e. The van der Waals surface area contributed by atoms with Gasteiger partial charge in [-0.15, -0.1) is 0 Å². The highest BCUT2D eigenvalue weighted by molar-refractivity contribution is 6.23. The zero-order chi connectivity index (χ0) is 23.4. The number of nitrogens with zero attached hydrogens (tertiary/aromatic N) is 1. The first-order valence-corrected chi connectivity index (χ1v) is 8.73. The van der Waals surface area contributed by atoms with E-state index in [-0.39, 0.29) is 40.5 Å². The molecule has 0 unspecified atom stereocenters. The highest BCUT2D eigenvalue weighted by Crippen LogP contribution is 2.36. The fourth-order valence-electron chi connectivity index (χ4n) is 3.17. The highest BCUT2D eigenvalue weighted by atomic mass is 19.4. The summed E-state index contributed by atoms with van der Waals surface area (Å²) in [7, 11) is 0. The molecule has 3 N–H and O–H groups in total. The van der Waals surface area contributed by atoms with Crippen LogP contribution in [0.15, 0.2) is 47.3 Å². The van der Waals surface area contributed by atoms with Crippen LogP contribution in [0, 0.1) is 11.6 Å². The van der Waals surface area contributed by atoms with E-state index in [9.17, 15) is 36.3 Å². The van der Waals surface area contributed by atoms with Crippen molar-refractivity contribution in [2.75, 3.05) is 5.73 Å². The molecule has 0 saturated heterocycles. The molecule has 0 fully saturated rings. The van der Waals surface area contributed by atoms with Crippen molar-refractivity contribution in [3.63, 3.8) is 0 Å². The van der Waals surface area contributed by atoms with Gasteiger partial charge in [-0.1, -0.05) is 6.07 Å². The smallest absolute Gasteiger partial charge is 0.416 e. The Morgan fingerprint density at radius 1 is 0.938 bits per heavy atom. The number of hydrogen-bond acceptors (Lipinski definition) is 5. The van der Waals surface area contributed by atoms with Gasteiger partial charge in [-0.3, -0.25) is 24.3 Å². The van der Waals surface area contributed by atoms with Gasteiger partial charge in [-0.25, -0.2) is 8.78 Å². The second-order valence-corrected chi connectivity index (χ2v) is 6.64. The van der Waals surface area contributed by atoms with Crippen molar-refractivity contribution in [3.05, 3.63) is 81.1 Å². The van der Waals surface area contributed by atoms with Crippen molar-refractivity contribution in [2.45, 2.75) is 6.18 Å². The van der Waals surface area contributed by atoms with Gasteiger partial charge in [0.05, 0.1) is 22.4 Å². The Labute approximate surface area is 174 Å². The highest BCUT2D eigenvalue weighted by Gasteiger charge is 2.34. The lowest BCUT2D eigenvalue weighted by molar-refractivity contribution is -0.138. The number of benzene rings is 2. The lowest BCUT2D eigenvalue weighted by Gasteiger charge is -2.14. The number of halogens is 5. The average Bonchev–Trinajstić information content (AvgIpc) is 2.97. The lowest BCUT2D eigenvalue weighted by atomic mass is 10.1. The molecule has 2 aromatic carbocycles. The number of carbonyl (C=O) groups is 2. The quantitative estimate of drug-likeness (QED) is 0.470. The van der Waals surface area contributed by atoms with Gasteiger partial charge in [0.1, 0.15) is 11.6 Å². The Hall–Kier alpha value is -4.22. The number of nitrogen functional groups attached to an aromatic ring is 1. The number of pyridine rings is 1. The second kappa shape index (κ2) is 7.18. The van der Waals surface area contributed by atoms with E-state index in [1.165, 1.54) is 18.2 Å². The third kappa shape index (κ3) is 3.45. The number of rotatable bonds is 3. The number of amides is 2. The van der Waals surface area contributed by atoms with Gasteiger partial charge < -0.3 is 10.5 Å². The summed E-state index contributed by atoms with van der Waals surface area (Å²) in [6.45, 7) is 0. The van der Waals surface area contributed by atoms with E-state index in [1.807, 2.05) is 5.32 Å². The molecule has 32 heavy (non-hydrogen) atoms. The molecular weight excluding hydrogens is 441 g/mol. The van der Waals surface area contributed by atoms with E-state index in [0.29, 0.717) is 0 Å². The third-order valence-electron chi connectivity index (χ3n) is 4.57. The van der Waals surface area contributed by atoms with Gasteiger partial charge in [0, 0.05) is 12.1 Å². The number of imide groups is 1.